The van der Waals surface area contributed by atoms with Crippen molar-refractivity contribution in [1.29, 1.82) is 0 Å². The molecule has 0 saturated heterocycles. The average Bonchev–Trinajstić information content (AvgIpc) is 2.71. The molecule has 0 bridgehead atoms. The summed E-state index contributed by atoms with van der Waals surface area (Å²) in [5.41, 5.74) is 0. The van der Waals surface area contributed by atoms with Crippen molar-refractivity contribution in [2.75, 3.05) is 0 Å². The first kappa shape index (κ1) is 17.4. The topological polar surface area (TPSA) is 63.2 Å². The number of hydrogen-bond acceptors (Lipinski definition) is 4. The predicted molar refractivity (Wildman–Crippen MR) is 69.3 cm³/mol. The highest BCUT2D eigenvalue weighted by Crippen LogP contribution is 2.28. The van der Waals surface area contributed by atoms with Gasteiger partial charge in [0.05, 0.1) is 10.4 Å². The maximum absolute atomic E-state index is 12.3. The Morgan fingerprint density at radius 1 is 1.45 bits per heavy atom. The molecule has 10 heteroatoms. The minimum absolute atomic E-state index is 0.156. The van der Waals surface area contributed by atoms with Gasteiger partial charge in [-0.2, -0.15) is 17.9 Å². The van der Waals surface area contributed by atoms with Gasteiger partial charge in [-0.05, 0) is 18.1 Å². The van der Waals surface area contributed by atoms with Crippen molar-refractivity contribution in [3.05, 3.63) is 16.5 Å². The SMILES string of the molecule is C[C@@H](CC(F)(F)F)[C@@H](C=O)NS(=O)(=O)c1ccc(Cl)s1. The number of carbonyl (C=O) groups is 1. The van der Waals surface area contributed by atoms with Crippen LogP contribution in [0, 0.1) is 5.92 Å². The predicted octanol–water partition coefficient (Wildman–Crippen LogP) is 2.84. The van der Waals surface area contributed by atoms with Crippen LogP contribution >= 0.6 is 22.9 Å². The molecule has 0 amide bonds. The van der Waals surface area contributed by atoms with E-state index in [4.69, 9.17) is 11.6 Å². The average molecular weight is 350 g/mol. The van der Waals surface area contributed by atoms with E-state index in [0.717, 1.165) is 18.3 Å². The van der Waals surface area contributed by atoms with E-state index in [1.807, 2.05) is 4.72 Å². The molecule has 0 fully saturated rings. The van der Waals surface area contributed by atoms with Crippen LogP contribution in [-0.2, 0) is 14.8 Å². The number of sulfonamides is 1. The summed E-state index contributed by atoms with van der Waals surface area (Å²) < 4.78 is 62.5. The number of carbonyl (C=O) groups excluding carboxylic acids is 1. The van der Waals surface area contributed by atoms with Crippen molar-refractivity contribution < 1.29 is 26.4 Å². The van der Waals surface area contributed by atoms with Crippen LogP contribution in [0.4, 0.5) is 13.2 Å². The zero-order valence-corrected chi connectivity index (χ0v) is 12.5. The lowest BCUT2D eigenvalue weighted by molar-refractivity contribution is -0.145. The van der Waals surface area contributed by atoms with Crippen molar-refractivity contribution in [2.45, 2.75) is 29.8 Å². The molecule has 0 aliphatic carbocycles. The van der Waals surface area contributed by atoms with Gasteiger partial charge in [-0.1, -0.05) is 18.5 Å². The second-order valence-electron chi connectivity index (χ2n) is 4.14. The van der Waals surface area contributed by atoms with Gasteiger partial charge in [-0.3, -0.25) is 0 Å². The molecule has 0 spiro atoms. The molecule has 1 rings (SSSR count). The Morgan fingerprint density at radius 3 is 2.45 bits per heavy atom. The normalized spacial score (nSPS) is 15.8. The highest BCUT2D eigenvalue weighted by atomic mass is 35.5. The van der Waals surface area contributed by atoms with Gasteiger partial charge in [0.1, 0.15) is 10.5 Å². The molecular weight excluding hydrogens is 339 g/mol. The Bertz CT molecular complexity index is 571. The van der Waals surface area contributed by atoms with Crippen molar-refractivity contribution in [3.63, 3.8) is 0 Å². The molecule has 0 aliphatic rings. The largest absolute Gasteiger partial charge is 0.389 e. The van der Waals surface area contributed by atoms with Crippen LogP contribution in [0.15, 0.2) is 16.3 Å². The molecule has 0 saturated carbocycles. The van der Waals surface area contributed by atoms with Gasteiger partial charge in [-0.15, -0.1) is 11.3 Å². The molecule has 0 aromatic carbocycles. The first-order valence-corrected chi connectivity index (χ1v) is 8.02. The Labute approximate surface area is 123 Å². The number of thiophene rings is 1. The third-order valence-electron chi connectivity index (χ3n) is 2.42. The minimum atomic E-state index is -4.47. The number of rotatable bonds is 6. The summed E-state index contributed by atoms with van der Waals surface area (Å²) in [6.07, 6.45) is -5.58. The molecule has 1 aromatic rings. The van der Waals surface area contributed by atoms with Crippen LogP contribution < -0.4 is 4.72 Å². The van der Waals surface area contributed by atoms with Gasteiger partial charge in [0.25, 0.3) is 10.0 Å². The third-order valence-corrected chi connectivity index (χ3v) is 5.60. The van der Waals surface area contributed by atoms with Gasteiger partial charge in [0, 0.05) is 6.42 Å². The summed E-state index contributed by atoms with van der Waals surface area (Å²) in [5, 5.41) is 0. The second kappa shape index (κ2) is 6.42. The fourth-order valence-corrected chi connectivity index (χ4v) is 4.23. The lowest BCUT2D eigenvalue weighted by Crippen LogP contribution is -2.41. The van der Waals surface area contributed by atoms with Crippen molar-refractivity contribution in [3.8, 4) is 0 Å². The number of hydrogen-bond donors (Lipinski definition) is 1. The van der Waals surface area contributed by atoms with E-state index in [0.29, 0.717) is 0 Å². The summed E-state index contributed by atoms with van der Waals surface area (Å²) >= 11 is 6.34. The number of alkyl halides is 3. The van der Waals surface area contributed by atoms with Crippen LogP contribution in [0.5, 0.6) is 0 Å². The molecule has 0 radical (unpaired) electrons. The van der Waals surface area contributed by atoms with Crippen molar-refractivity contribution in [2.24, 2.45) is 5.92 Å². The zero-order valence-electron chi connectivity index (χ0n) is 10.1. The number of aldehydes is 1. The van der Waals surface area contributed by atoms with Gasteiger partial charge < -0.3 is 4.79 Å². The first-order valence-electron chi connectivity index (χ1n) is 5.35. The van der Waals surface area contributed by atoms with Gasteiger partial charge in [-0.25, -0.2) is 8.42 Å². The van der Waals surface area contributed by atoms with Crippen LogP contribution in [0.1, 0.15) is 13.3 Å². The Kier molecular flexibility index (Phi) is 5.59. The van der Waals surface area contributed by atoms with Crippen molar-refractivity contribution >= 4 is 39.2 Å². The van der Waals surface area contributed by atoms with Gasteiger partial charge >= 0.3 is 6.18 Å². The molecule has 2 atom stereocenters. The van der Waals surface area contributed by atoms with E-state index in [2.05, 4.69) is 0 Å². The maximum atomic E-state index is 12.3. The van der Waals surface area contributed by atoms with E-state index in [-0.39, 0.29) is 14.8 Å². The van der Waals surface area contributed by atoms with Gasteiger partial charge in [0.2, 0.25) is 0 Å². The molecular formula is C10H11ClF3NO3S2. The third kappa shape index (κ3) is 5.04. The summed E-state index contributed by atoms with van der Waals surface area (Å²) in [6, 6.07) is 1.10. The number of nitrogens with one attached hydrogen (secondary N) is 1. The highest BCUT2D eigenvalue weighted by molar-refractivity contribution is 7.91. The Hall–Kier alpha value is -0.640. The monoisotopic (exact) mass is 349 g/mol. The van der Waals surface area contributed by atoms with Crippen LogP contribution in [-0.4, -0.2) is 26.9 Å². The van der Waals surface area contributed by atoms with E-state index in [9.17, 15) is 26.4 Å². The smallest absolute Gasteiger partial charge is 0.302 e. The van der Waals surface area contributed by atoms with Crippen molar-refractivity contribution in [1.82, 2.24) is 4.72 Å². The quantitative estimate of drug-likeness (QED) is 0.803. The summed E-state index contributed by atoms with van der Waals surface area (Å²) in [5.74, 6) is -1.21. The molecule has 1 heterocycles. The molecule has 1 N–H and O–H groups in total. The first-order chi connectivity index (χ1) is 9.05. The van der Waals surface area contributed by atoms with E-state index < -0.39 is 34.6 Å². The van der Waals surface area contributed by atoms with Crippen LogP contribution in [0.2, 0.25) is 4.34 Å². The summed E-state index contributed by atoms with van der Waals surface area (Å²) in [7, 11) is -4.07. The fourth-order valence-electron chi connectivity index (χ4n) is 1.45. The van der Waals surface area contributed by atoms with Crippen LogP contribution in [0.25, 0.3) is 0 Å². The molecule has 0 unspecified atom stereocenters. The van der Waals surface area contributed by atoms with Crippen LogP contribution in [0.3, 0.4) is 0 Å². The minimum Gasteiger partial charge on any atom is -0.302 e. The lowest BCUT2D eigenvalue weighted by Gasteiger charge is -2.20. The second-order valence-corrected chi connectivity index (χ2v) is 7.79. The standard InChI is InChI=1S/C10H11ClF3NO3S2/c1-6(4-10(12,13)14)7(5-16)15-20(17,18)9-3-2-8(11)19-9/h2-3,5-7,15H,4H2,1H3/t6-,7+/m0/s1. The molecule has 114 valence electrons. The molecule has 20 heavy (non-hydrogen) atoms. The highest BCUT2D eigenvalue weighted by Gasteiger charge is 2.35. The summed E-state index contributed by atoms with van der Waals surface area (Å²) in [4.78, 5) is 10.8. The zero-order chi connectivity index (χ0) is 15.6. The Morgan fingerprint density at radius 2 is 2.05 bits per heavy atom. The maximum Gasteiger partial charge on any atom is 0.389 e. The summed E-state index contributed by atoms with van der Waals surface area (Å²) in [6.45, 7) is 1.15. The lowest BCUT2D eigenvalue weighted by atomic mass is 10.0. The van der Waals surface area contributed by atoms with E-state index in [1.54, 1.807) is 0 Å². The van der Waals surface area contributed by atoms with E-state index in [1.165, 1.54) is 12.1 Å². The fraction of sp³-hybridized carbons (Fsp3) is 0.500. The number of halogens is 4. The Balaban J connectivity index is 2.85. The molecule has 0 aliphatic heterocycles. The molecule has 4 nitrogen and oxygen atoms in total. The van der Waals surface area contributed by atoms with Gasteiger partial charge in [0.15, 0.2) is 0 Å². The molecule has 1 aromatic heterocycles. The van der Waals surface area contributed by atoms with E-state index >= 15 is 0 Å².